The number of nitrogens with two attached hydrogens (primary N) is 1. The zero-order chi connectivity index (χ0) is 14.6. The maximum Gasteiger partial charge on any atom is 0.0337 e. The summed E-state index contributed by atoms with van der Waals surface area (Å²) in [6, 6.07) is 0.696. The summed E-state index contributed by atoms with van der Waals surface area (Å²) in [5.74, 6) is 0.894. The minimum Gasteiger partial charge on any atom is -0.329 e. The SMILES string of the molecule is CCC1CCCC(CN)(N2CCCN(C)CC2CC)C1. The van der Waals surface area contributed by atoms with Crippen molar-refractivity contribution in [3.63, 3.8) is 0 Å². The van der Waals surface area contributed by atoms with Crippen molar-refractivity contribution in [3.05, 3.63) is 0 Å². The summed E-state index contributed by atoms with van der Waals surface area (Å²) in [5, 5.41) is 0. The Morgan fingerprint density at radius 1 is 1.15 bits per heavy atom. The van der Waals surface area contributed by atoms with Crippen LogP contribution in [0.3, 0.4) is 0 Å². The molecule has 2 aliphatic rings. The Hall–Kier alpha value is -0.120. The van der Waals surface area contributed by atoms with Gasteiger partial charge in [0.1, 0.15) is 0 Å². The van der Waals surface area contributed by atoms with Crippen molar-refractivity contribution < 1.29 is 0 Å². The van der Waals surface area contributed by atoms with Crippen molar-refractivity contribution in [2.24, 2.45) is 11.7 Å². The summed E-state index contributed by atoms with van der Waals surface area (Å²) in [5.41, 5.74) is 6.63. The number of nitrogens with zero attached hydrogens (tertiary/aromatic N) is 2. The second-order valence-corrected chi connectivity index (χ2v) is 7.17. The molecule has 0 aromatic heterocycles. The van der Waals surface area contributed by atoms with Crippen LogP contribution in [0.15, 0.2) is 0 Å². The summed E-state index contributed by atoms with van der Waals surface area (Å²) in [6.45, 7) is 9.26. The van der Waals surface area contributed by atoms with E-state index in [0.717, 1.165) is 12.5 Å². The lowest BCUT2D eigenvalue weighted by atomic mass is 9.73. The van der Waals surface area contributed by atoms with Crippen LogP contribution in [0.1, 0.15) is 58.8 Å². The highest BCUT2D eigenvalue weighted by atomic mass is 15.3. The smallest absolute Gasteiger partial charge is 0.0337 e. The quantitative estimate of drug-likeness (QED) is 0.860. The Bertz CT molecular complexity index is 294. The second-order valence-electron chi connectivity index (χ2n) is 7.17. The van der Waals surface area contributed by atoms with E-state index in [1.54, 1.807) is 0 Å². The maximum atomic E-state index is 6.33. The van der Waals surface area contributed by atoms with Gasteiger partial charge in [0, 0.05) is 31.2 Å². The average molecular weight is 281 g/mol. The summed E-state index contributed by atoms with van der Waals surface area (Å²) in [7, 11) is 2.27. The largest absolute Gasteiger partial charge is 0.329 e. The molecule has 0 bridgehead atoms. The molecule has 1 heterocycles. The molecule has 2 N–H and O–H groups in total. The number of rotatable bonds is 4. The van der Waals surface area contributed by atoms with Gasteiger partial charge in [0.15, 0.2) is 0 Å². The highest BCUT2D eigenvalue weighted by Gasteiger charge is 2.42. The van der Waals surface area contributed by atoms with Crippen LogP contribution in [0.4, 0.5) is 0 Å². The van der Waals surface area contributed by atoms with Gasteiger partial charge in [0.2, 0.25) is 0 Å². The lowest BCUT2D eigenvalue weighted by Crippen LogP contribution is -2.60. The minimum atomic E-state index is 0.296. The molecule has 118 valence electrons. The molecule has 3 atom stereocenters. The number of likely N-dealkylation sites (N-methyl/N-ethyl adjacent to an activating group) is 1. The molecule has 0 radical (unpaired) electrons. The van der Waals surface area contributed by atoms with E-state index >= 15 is 0 Å². The van der Waals surface area contributed by atoms with E-state index in [1.165, 1.54) is 64.6 Å². The predicted octanol–water partition coefficient (Wildman–Crippen LogP) is 2.70. The zero-order valence-corrected chi connectivity index (χ0v) is 13.9. The molecule has 20 heavy (non-hydrogen) atoms. The molecule has 3 nitrogen and oxygen atoms in total. The van der Waals surface area contributed by atoms with Crippen LogP contribution in [0.5, 0.6) is 0 Å². The fraction of sp³-hybridized carbons (Fsp3) is 1.00. The second kappa shape index (κ2) is 7.24. The highest BCUT2D eigenvalue weighted by Crippen LogP contribution is 2.39. The standard InChI is InChI=1S/C17H35N3/c1-4-15-8-6-9-17(12-15,14-18)20-11-7-10-19(3)13-16(20)5-2/h15-16H,4-14,18H2,1-3H3. The first-order valence-corrected chi connectivity index (χ1v) is 8.80. The molecular formula is C17H35N3. The first-order chi connectivity index (χ1) is 9.65. The molecule has 3 unspecified atom stereocenters. The van der Waals surface area contributed by atoms with E-state index < -0.39 is 0 Å². The van der Waals surface area contributed by atoms with Gasteiger partial charge in [-0.3, -0.25) is 4.90 Å². The molecule has 2 rings (SSSR count). The van der Waals surface area contributed by atoms with Crippen LogP contribution in [0.2, 0.25) is 0 Å². The predicted molar refractivity (Wildman–Crippen MR) is 86.9 cm³/mol. The fourth-order valence-corrected chi connectivity index (χ4v) is 4.59. The maximum absolute atomic E-state index is 6.33. The van der Waals surface area contributed by atoms with Gasteiger partial charge in [-0.1, -0.05) is 33.1 Å². The Kier molecular flexibility index (Phi) is 5.88. The Morgan fingerprint density at radius 3 is 2.60 bits per heavy atom. The Morgan fingerprint density at radius 2 is 1.95 bits per heavy atom. The van der Waals surface area contributed by atoms with Gasteiger partial charge in [0.25, 0.3) is 0 Å². The molecule has 1 saturated carbocycles. The molecule has 0 amide bonds. The van der Waals surface area contributed by atoms with Crippen LogP contribution < -0.4 is 5.73 Å². The molecule has 1 aliphatic carbocycles. The van der Waals surface area contributed by atoms with E-state index in [4.69, 9.17) is 5.73 Å². The molecule has 2 fully saturated rings. The summed E-state index contributed by atoms with van der Waals surface area (Å²) < 4.78 is 0. The van der Waals surface area contributed by atoms with Gasteiger partial charge in [-0.15, -0.1) is 0 Å². The van der Waals surface area contributed by atoms with Crippen LogP contribution in [-0.4, -0.2) is 54.6 Å². The van der Waals surface area contributed by atoms with Gasteiger partial charge in [-0.25, -0.2) is 0 Å². The van der Waals surface area contributed by atoms with Gasteiger partial charge in [-0.05, 0) is 45.2 Å². The molecule has 0 aromatic rings. The number of hydrogen-bond donors (Lipinski definition) is 1. The van der Waals surface area contributed by atoms with Crippen LogP contribution in [0, 0.1) is 5.92 Å². The van der Waals surface area contributed by atoms with Gasteiger partial charge < -0.3 is 10.6 Å². The molecule has 3 heteroatoms. The van der Waals surface area contributed by atoms with Crippen molar-refractivity contribution in [1.82, 2.24) is 9.80 Å². The van der Waals surface area contributed by atoms with E-state index in [2.05, 4.69) is 30.7 Å². The molecule has 1 aliphatic heterocycles. The van der Waals surface area contributed by atoms with Crippen LogP contribution in [-0.2, 0) is 0 Å². The van der Waals surface area contributed by atoms with Crippen molar-refractivity contribution >= 4 is 0 Å². The Labute approximate surface area is 125 Å². The minimum absolute atomic E-state index is 0.296. The third kappa shape index (κ3) is 3.37. The lowest BCUT2D eigenvalue weighted by Gasteiger charge is -2.51. The van der Waals surface area contributed by atoms with Crippen molar-refractivity contribution in [3.8, 4) is 0 Å². The highest BCUT2D eigenvalue weighted by molar-refractivity contribution is 4.99. The lowest BCUT2D eigenvalue weighted by molar-refractivity contribution is 0.00166. The fourth-order valence-electron chi connectivity index (χ4n) is 4.59. The van der Waals surface area contributed by atoms with Gasteiger partial charge in [-0.2, -0.15) is 0 Å². The molecule has 0 spiro atoms. The molecule has 0 aromatic carbocycles. The normalized spacial score (nSPS) is 37.8. The summed E-state index contributed by atoms with van der Waals surface area (Å²) in [6.07, 6.45) is 9.32. The monoisotopic (exact) mass is 281 g/mol. The van der Waals surface area contributed by atoms with E-state index in [-0.39, 0.29) is 0 Å². The average Bonchev–Trinajstić information content (AvgIpc) is 2.68. The van der Waals surface area contributed by atoms with E-state index in [1.807, 2.05) is 0 Å². The van der Waals surface area contributed by atoms with Crippen LogP contribution in [0.25, 0.3) is 0 Å². The van der Waals surface area contributed by atoms with Crippen molar-refractivity contribution in [1.29, 1.82) is 0 Å². The third-order valence-corrected chi connectivity index (χ3v) is 5.86. The van der Waals surface area contributed by atoms with Gasteiger partial charge in [0.05, 0.1) is 0 Å². The zero-order valence-electron chi connectivity index (χ0n) is 13.9. The van der Waals surface area contributed by atoms with E-state index in [9.17, 15) is 0 Å². The first kappa shape index (κ1) is 16.3. The summed E-state index contributed by atoms with van der Waals surface area (Å²) >= 11 is 0. The van der Waals surface area contributed by atoms with Gasteiger partial charge >= 0.3 is 0 Å². The Balaban J connectivity index is 2.18. The van der Waals surface area contributed by atoms with Crippen molar-refractivity contribution in [2.75, 3.05) is 33.2 Å². The summed E-state index contributed by atoms with van der Waals surface area (Å²) in [4.78, 5) is 5.34. The van der Waals surface area contributed by atoms with Crippen molar-refractivity contribution in [2.45, 2.75) is 70.4 Å². The number of hydrogen-bond acceptors (Lipinski definition) is 3. The third-order valence-electron chi connectivity index (χ3n) is 5.86. The molecule has 1 saturated heterocycles. The molecular weight excluding hydrogens is 246 g/mol. The van der Waals surface area contributed by atoms with E-state index in [0.29, 0.717) is 11.6 Å². The van der Waals surface area contributed by atoms with Crippen LogP contribution >= 0.6 is 0 Å². The first-order valence-electron chi connectivity index (χ1n) is 8.80. The topological polar surface area (TPSA) is 32.5 Å².